The molecule has 0 aromatic heterocycles. The molecule has 2 N–H and O–H groups in total. The van der Waals surface area contributed by atoms with Gasteiger partial charge in [-0.05, 0) is 42.8 Å². The summed E-state index contributed by atoms with van der Waals surface area (Å²) in [7, 11) is -3.60. The van der Waals surface area contributed by atoms with Gasteiger partial charge in [-0.2, -0.15) is 0 Å². The van der Waals surface area contributed by atoms with E-state index in [-0.39, 0.29) is 17.5 Å². The number of sulfonamides is 1. The summed E-state index contributed by atoms with van der Waals surface area (Å²) in [5.74, 6) is 0. The number of hydrogen-bond donors (Lipinski definition) is 2. The highest BCUT2D eigenvalue weighted by Gasteiger charge is 2.18. The predicted octanol–water partition coefficient (Wildman–Crippen LogP) is 4.78. The van der Waals surface area contributed by atoms with Crippen LogP contribution in [-0.2, 0) is 10.0 Å². The lowest BCUT2D eigenvalue weighted by atomic mass is 10.1. The predicted molar refractivity (Wildman–Crippen MR) is 111 cm³/mol. The van der Waals surface area contributed by atoms with E-state index in [1.165, 1.54) is 0 Å². The highest BCUT2D eigenvalue weighted by Crippen LogP contribution is 2.22. The topological polar surface area (TPSA) is 58.2 Å². The summed E-state index contributed by atoms with van der Waals surface area (Å²) in [5.41, 5.74) is 2.81. The molecule has 3 aromatic rings. The van der Waals surface area contributed by atoms with Gasteiger partial charge in [0, 0.05) is 17.3 Å². The number of rotatable bonds is 7. The van der Waals surface area contributed by atoms with E-state index in [4.69, 9.17) is 11.6 Å². The number of halogens is 1. The summed E-state index contributed by atoms with van der Waals surface area (Å²) in [6.07, 6.45) is 0. The monoisotopic (exact) mass is 400 g/mol. The van der Waals surface area contributed by atoms with Crippen molar-refractivity contribution in [2.75, 3.05) is 11.9 Å². The lowest BCUT2D eigenvalue weighted by Gasteiger charge is -2.21. The molecule has 0 aliphatic heterocycles. The second kappa shape index (κ2) is 8.57. The summed E-state index contributed by atoms with van der Waals surface area (Å²) in [5, 5.41) is 3.98. The van der Waals surface area contributed by atoms with Crippen molar-refractivity contribution in [3.8, 4) is 0 Å². The Balaban J connectivity index is 1.80. The third-order valence-corrected chi connectivity index (χ3v) is 5.85. The summed E-state index contributed by atoms with van der Waals surface area (Å²) in [6.45, 7) is 2.12. The van der Waals surface area contributed by atoms with Crippen LogP contribution in [0, 0.1) is 6.92 Å². The molecule has 6 heteroatoms. The fraction of sp³-hybridized carbons (Fsp3) is 0.143. The van der Waals surface area contributed by atoms with Gasteiger partial charge in [0.05, 0.1) is 10.9 Å². The maximum Gasteiger partial charge on any atom is 0.240 e. The van der Waals surface area contributed by atoms with E-state index in [0.717, 1.165) is 16.8 Å². The van der Waals surface area contributed by atoms with E-state index >= 15 is 0 Å². The van der Waals surface area contributed by atoms with Crippen LogP contribution in [0.3, 0.4) is 0 Å². The summed E-state index contributed by atoms with van der Waals surface area (Å²) in [4.78, 5) is 0.252. The van der Waals surface area contributed by atoms with Crippen LogP contribution in [0.4, 0.5) is 5.69 Å². The van der Waals surface area contributed by atoms with Crippen molar-refractivity contribution in [2.45, 2.75) is 17.9 Å². The number of anilines is 1. The zero-order valence-electron chi connectivity index (χ0n) is 14.9. The smallest absolute Gasteiger partial charge is 0.240 e. The van der Waals surface area contributed by atoms with Gasteiger partial charge >= 0.3 is 0 Å². The van der Waals surface area contributed by atoms with Crippen LogP contribution in [0.5, 0.6) is 0 Å². The second-order valence-corrected chi connectivity index (χ2v) is 8.49. The average molecular weight is 401 g/mol. The molecule has 0 radical (unpaired) electrons. The molecule has 0 amide bonds. The highest BCUT2D eigenvalue weighted by molar-refractivity contribution is 7.89. The maximum absolute atomic E-state index is 12.6. The molecule has 0 saturated heterocycles. The third-order valence-electron chi connectivity index (χ3n) is 4.18. The van der Waals surface area contributed by atoms with Gasteiger partial charge in [-0.25, -0.2) is 13.1 Å². The van der Waals surface area contributed by atoms with Crippen molar-refractivity contribution in [1.82, 2.24) is 4.72 Å². The van der Waals surface area contributed by atoms with Crippen molar-refractivity contribution in [3.63, 3.8) is 0 Å². The maximum atomic E-state index is 12.6. The number of nitrogens with one attached hydrogen (secondary N) is 2. The van der Waals surface area contributed by atoms with Gasteiger partial charge in [-0.1, -0.05) is 65.7 Å². The normalized spacial score (nSPS) is 12.5. The van der Waals surface area contributed by atoms with Crippen LogP contribution in [0.15, 0.2) is 83.8 Å². The molecule has 3 aromatic carbocycles. The Kier molecular flexibility index (Phi) is 6.16. The van der Waals surface area contributed by atoms with E-state index < -0.39 is 10.0 Å². The van der Waals surface area contributed by atoms with Gasteiger partial charge in [0.25, 0.3) is 0 Å². The minimum atomic E-state index is -3.60. The standard InChI is InChI=1S/C21H21ClN2O2S/c1-16-10-12-20(13-11-16)27(25,26)23-15-21(17-6-3-2-4-7-17)24-19-9-5-8-18(22)14-19/h2-14,21,23-24H,15H2,1H3/t21-/m0/s1. The van der Waals surface area contributed by atoms with Crippen LogP contribution in [0.2, 0.25) is 5.02 Å². The van der Waals surface area contributed by atoms with Crippen LogP contribution < -0.4 is 10.0 Å². The van der Waals surface area contributed by atoms with Gasteiger partial charge in [0.15, 0.2) is 0 Å². The lowest BCUT2D eigenvalue weighted by Crippen LogP contribution is -2.31. The minimum absolute atomic E-state index is 0.201. The molecule has 0 aliphatic carbocycles. The van der Waals surface area contributed by atoms with Gasteiger partial charge in [-0.15, -0.1) is 0 Å². The van der Waals surface area contributed by atoms with Crippen molar-refractivity contribution in [3.05, 3.63) is 95.0 Å². The molecule has 3 rings (SSSR count). The molecule has 0 heterocycles. The molecule has 0 fully saturated rings. The van der Waals surface area contributed by atoms with Crippen molar-refractivity contribution >= 4 is 27.3 Å². The zero-order valence-corrected chi connectivity index (χ0v) is 16.5. The fourth-order valence-electron chi connectivity index (χ4n) is 2.71. The average Bonchev–Trinajstić information content (AvgIpc) is 2.66. The fourth-order valence-corrected chi connectivity index (χ4v) is 3.95. The quantitative estimate of drug-likeness (QED) is 0.600. The van der Waals surface area contributed by atoms with Gasteiger partial charge < -0.3 is 5.32 Å². The SMILES string of the molecule is Cc1ccc(S(=O)(=O)NC[C@H](Nc2cccc(Cl)c2)c2ccccc2)cc1. The van der Waals surface area contributed by atoms with E-state index in [0.29, 0.717) is 5.02 Å². The molecule has 0 aliphatic rings. The first kappa shape index (κ1) is 19.4. The Labute approximate surface area is 165 Å². The van der Waals surface area contributed by atoms with Crippen molar-refractivity contribution in [1.29, 1.82) is 0 Å². The van der Waals surface area contributed by atoms with Gasteiger partial charge in [-0.3, -0.25) is 0 Å². The van der Waals surface area contributed by atoms with Crippen LogP contribution >= 0.6 is 11.6 Å². The number of hydrogen-bond acceptors (Lipinski definition) is 3. The Morgan fingerprint density at radius 2 is 1.63 bits per heavy atom. The molecule has 0 saturated carbocycles. The van der Waals surface area contributed by atoms with Crippen LogP contribution in [0.25, 0.3) is 0 Å². The molecule has 0 spiro atoms. The first-order valence-corrected chi connectivity index (χ1v) is 10.4. The van der Waals surface area contributed by atoms with E-state index in [1.54, 1.807) is 30.3 Å². The highest BCUT2D eigenvalue weighted by atomic mass is 35.5. The molecular weight excluding hydrogens is 380 g/mol. The van der Waals surface area contributed by atoms with Crippen molar-refractivity contribution < 1.29 is 8.42 Å². The molecule has 140 valence electrons. The van der Waals surface area contributed by atoms with Crippen LogP contribution in [0.1, 0.15) is 17.2 Å². The summed E-state index contributed by atoms with van der Waals surface area (Å²) >= 11 is 6.07. The van der Waals surface area contributed by atoms with E-state index in [2.05, 4.69) is 10.0 Å². The zero-order chi connectivity index (χ0) is 19.3. The first-order chi connectivity index (χ1) is 12.9. The Bertz CT molecular complexity index is 990. The number of benzene rings is 3. The van der Waals surface area contributed by atoms with Crippen LogP contribution in [-0.4, -0.2) is 15.0 Å². The Morgan fingerprint density at radius 3 is 2.30 bits per heavy atom. The third kappa shape index (κ3) is 5.32. The Morgan fingerprint density at radius 1 is 0.926 bits per heavy atom. The van der Waals surface area contributed by atoms with Gasteiger partial charge in [0.1, 0.15) is 0 Å². The lowest BCUT2D eigenvalue weighted by molar-refractivity contribution is 0.576. The Hall–Kier alpha value is -2.34. The molecular formula is C21H21ClN2O2S. The summed E-state index contributed by atoms with van der Waals surface area (Å²) < 4.78 is 28.0. The largest absolute Gasteiger partial charge is 0.377 e. The first-order valence-electron chi connectivity index (χ1n) is 8.57. The summed E-state index contributed by atoms with van der Waals surface area (Å²) in [6, 6.07) is 23.6. The minimum Gasteiger partial charge on any atom is -0.377 e. The van der Waals surface area contributed by atoms with Gasteiger partial charge in [0.2, 0.25) is 10.0 Å². The number of aryl methyl sites for hydroxylation is 1. The molecule has 4 nitrogen and oxygen atoms in total. The molecule has 0 unspecified atom stereocenters. The second-order valence-electron chi connectivity index (χ2n) is 6.28. The molecule has 1 atom stereocenters. The van der Waals surface area contributed by atoms with Crippen molar-refractivity contribution in [2.24, 2.45) is 0 Å². The van der Waals surface area contributed by atoms with E-state index in [1.807, 2.05) is 55.5 Å². The van der Waals surface area contributed by atoms with E-state index in [9.17, 15) is 8.42 Å². The molecule has 27 heavy (non-hydrogen) atoms. The molecule has 0 bridgehead atoms.